The molecule has 0 saturated carbocycles. The molecule has 0 radical (unpaired) electrons. The number of para-hydroxylation sites is 2. The Hall–Kier alpha value is -7.82. The maximum atomic E-state index is 6.77. The second-order valence-corrected chi connectivity index (χ2v) is 22.2. The third-order valence-corrected chi connectivity index (χ3v) is 18.5. The summed E-state index contributed by atoms with van der Waals surface area (Å²) in [5.41, 5.74) is 10.3. The molecular formula is C62H36N2O2Se2. The first-order valence-electron chi connectivity index (χ1n) is 22.9. The Morgan fingerprint density at radius 3 is 1.13 bits per heavy atom. The van der Waals surface area contributed by atoms with Crippen molar-refractivity contribution in [3.8, 4) is 0 Å². The minimum absolute atomic E-state index is 0.273. The summed E-state index contributed by atoms with van der Waals surface area (Å²) in [4.78, 5) is 4.83. The van der Waals surface area contributed by atoms with Crippen molar-refractivity contribution in [1.82, 2.24) is 0 Å². The van der Waals surface area contributed by atoms with Gasteiger partial charge in [0, 0.05) is 0 Å². The van der Waals surface area contributed by atoms with Crippen molar-refractivity contribution in [1.29, 1.82) is 0 Å². The van der Waals surface area contributed by atoms with Gasteiger partial charge in [0.15, 0.2) is 0 Å². The fraction of sp³-hybridized carbons (Fsp3) is 0. The molecule has 4 aromatic heterocycles. The predicted molar refractivity (Wildman–Crippen MR) is 289 cm³/mol. The quantitative estimate of drug-likeness (QED) is 0.155. The van der Waals surface area contributed by atoms with E-state index >= 15 is 0 Å². The third-order valence-electron chi connectivity index (χ3n) is 13.7. The van der Waals surface area contributed by atoms with E-state index in [1.54, 1.807) is 0 Å². The monoisotopic (exact) mass is 1000 g/mol. The van der Waals surface area contributed by atoms with Crippen LogP contribution >= 0.6 is 0 Å². The van der Waals surface area contributed by atoms with Gasteiger partial charge >= 0.3 is 404 Å². The van der Waals surface area contributed by atoms with Gasteiger partial charge in [-0.25, -0.2) is 0 Å². The van der Waals surface area contributed by atoms with Gasteiger partial charge in [-0.15, -0.1) is 0 Å². The topological polar surface area (TPSA) is 32.8 Å². The van der Waals surface area contributed by atoms with E-state index in [-0.39, 0.29) is 29.0 Å². The van der Waals surface area contributed by atoms with E-state index in [1.807, 2.05) is 0 Å². The van der Waals surface area contributed by atoms with Crippen LogP contribution in [0.2, 0.25) is 0 Å². The van der Waals surface area contributed by atoms with Gasteiger partial charge in [0.25, 0.3) is 0 Å². The summed E-state index contributed by atoms with van der Waals surface area (Å²) < 4.78 is 19.3. The molecule has 0 aliphatic carbocycles. The van der Waals surface area contributed by atoms with Crippen molar-refractivity contribution >= 4 is 167 Å². The molecule has 0 amide bonds. The molecule has 4 heterocycles. The van der Waals surface area contributed by atoms with E-state index < -0.39 is 0 Å². The maximum absolute atomic E-state index is 6.77. The number of furan rings is 2. The first kappa shape index (κ1) is 38.3. The third kappa shape index (κ3) is 5.86. The zero-order valence-electron chi connectivity index (χ0n) is 36.3. The summed E-state index contributed by atoms with van der Waals surface area (Å²) >= 11 is 0.546. The molecule has 15 aromatic rings. The van der Waals surface area contributed by atoms with E-state index in [4.69, 9.17) is 8.83 Å². The second kappa shape index (κ2) is 14.8. The average molecular weight is 999 g/mol. The van der Waals surface area contributed by atoms with Gasteiger partial charge in [0.1, 0.15) is 0 Å². The fourth-order valence-corrected chi connectivity index (χ4v) is 15.4. The number of benzene rings is 11. The second-order valence-electron chi connectivity index (χ2n) is 17.6. The number of rotatable bonds is 6. The number of fused-ring (bicyclic) bond motifs is 14. The van der Waals surface area contributed by atoms with Gasteiger partial charge in [0.2, 0.25) is 0 Å². The van der Waals surface area contributed by atoms with Gasteiger partial charge < -0.3 is 0 Å². The van der Waals surface area contributed by atoms with Gasteiger partial charge in [-0.05, 0) is 0 Å². The molecule has 0 N–H and O–H groups in total. The summed E-state index contributed by atoms with van der Waals surface area (Å²) in [5, 5.41) is 14.2. The van der Waals surface area contributed by atoms with E-state index in [9.17, 15) is 0 Å². The molecule has 0 aliphatic heterocycles. The minimum atomic E-state index is 0.273. The van der Waals surface area contributed by atoms with E-state index in [2.05, 4.69) is 228 Å². The van der Waals surface area contributed by atoms with Gasteiger partial charge in [-0.1, -0.05) is 0 Å². The van der Waals surface area contributed by atoms with Crippen molar-refractivity contribution in [2.75, 3.05) is 9.80 Å². The van der Waals surface area contributed by atoms with Crippen molar-refractivity contribution in [2.45, 2.75) is 0 Å². The number of anilines is 6. The van der Waals surface area contributed by atoms with Crippen LogP contribution in [0, 0.1) is 0 Å². The molecule has 0 saturated heterocycles. The van der Waals surface area contributed by atoms with Crippen LogP contribution in [0.1, 0.15) is 0 Å². The molecule has 4 nitrogen and oxygen atoms in total. The number of hydrogen-bond donors (Lipinski definition) is 0. The number of hydrogen-bond acceptors (Lipinski definition) is 4. The first-order valence-corrected chi connectivity index (χ1v) is 26.3. The molecule has 11 aromatic carbocycles. The Morgan fingerprint density at radius 2 is 0.662 bits per heavy atom. The van der Waals surface area contributed by atoms with E-state index in [0.29, 0.717) is 0 Å². The molecule has 0 atom stereocenters. The summed E-state index contributed by atoms with van der Waals surface area (Å²) in [5.74, 6) is 0. The van der Waals surface area contributed by atoms with Crippen LogP contribution in [0.15, 0.2) is 227 Å². The van der Waals surface area contributed by atoms with Crippen LogP contribution in [0.3, 0.4) is 0 Å². The summed E-state index contributed by atoms with van der Waals surface area (Å²) in [7, 11) is 0. The zero-order valence-corrected chi connectivity index (χ0v) is 39.7. The average Bonchev–Trinajstić information content (AvgIpc) is 4.15. The molecule has 0 aliphatic rings. The van der Waals surface area contributed by atoms with Crippen molar-refractivity contribution in [2.24, 2.45) is 0 Å². The Bertz CT molecular complexity index is 4230. The van der Waals surface area contributed by atoms with Crippen LogP contribution in [0.4, 0.5) is 34.1 Å². The fourth-order valence-electron chi connectivity index (χ4n) is 10.7. The predicted octanol–water partition coefficient (Wildman–Crippen LogP) is 17.5. The molecule has 0 fully saturated rings. The van der Waals surface area contributed by atoms with Crippen molar-refractivity contribution in [3.05, 3.63) is 218 Å². The summed E-state index contributed by atoms with van der Waals surface area (Å²) in [6.07, 6.45) is 0. The van der Waals surface area contributed by atoms with Crippen LogP contribution in [-0.2, 0) is 0 Å². The van der Waals surface area contributed by atoms with Crippen LogP contribution in [0.5, 0.6) is 0 Å². The van der Waals surface area contributed by atoms with Gasteiger partial charge in [-0.3, -0.25) is 0 Å². The first-order chi connectivity index (χ1) is 33.7. The van der Waals surface area contributed by atoms with Crippen LogP contribution in [-0.4, -0.2) is 29.0 Å². The van der Waals surface area contributed by atoms with Crippen molar-refractivity contribution < 1.29 is 8.83 Å². The Kier molecular flexibility index (Phi) is 8.36. The Morgan fingerprint density at radius 1 is 0.265 bits per heavy atom. The molecule has 68 heavy (non-hydrogen) atoms. The SMILES string of the molecule is c1ccc(N(c2ccc3cc4c(cc3c2)oc2cc3c(cc24)oc2cc4cc(N(c5ccccc5)c5cccc6[se]c7ccccc7c56)ccc4cc23)c2cccc3[se]c4ccccc4c23)cc1. The summed E-state index contributed by atoms with van der Waals surface area (Å²) in [6.45, 7) is 0. The summed E-state index contributed by atoms with van der Waals surface area (Å²) in [6, 6.07) is 79.7. The molecule has 0 bridgehead atoms. The molecular weight excluding hydrogens is 963 g/mol. The normalized spacial score (nSPS) is 12.1. The van der Waals surface area contributed by atoms with E-state index in [1.165, 1.54) is 50.0 Å². The Labute approximate surface area is 401 Å². The molecule has 0 spiro atoms. The molecule has 15 rings (SSSR count). The molecule has 318 valence electrons. The van der Waals surface area contributed by atoms with E-state index in [0.717, 1.165) is 88.2 Å². The molecule has 0 unspecified atom stereocenters. The van der Waals surface area contributed by atoms with Gasteiger partial charge in [0.05, 0.1) is 0 Å². The molecule has 6 heteroatoms. The standard InChI is InChI=1S/C62H36N2O2Se2/c1-3-13-41(14-4-1)63(51-19-11-23-59-61(51)45-17-7-9-21-57(45)67-59)43-27-25-37-31-47-49-35-56-50(36-55(49)65-53(47)33-39(37)29-43)48-32-38-26-28-44(30-40(38)34-54(48)66-56)64(42-15-5-2-6-16-42)52-20-12-24-60-62(52)46-18-8-10-22-58(46)68-60/h1-36H. The zero-order chi connectivity index (χ0) is 44.5. The van der Waals surface area contributed by atoms with Crippen LogP contribution in [0.25, 0.3) is 104 Å². The number of nitrogens with zero attached hydrogens (tertiary/aromatic N) is 2. The van der Waals surface area contributed by atoms with Crippen LogP contribution < -0.4 is 9.80 Å². The van der Waals surface area contributed by atoms with Crippen molar-refractivity contribution in [3.63, 3.8) is 0 Å². The Balaban J connectivity index is 0.842. The van der Waals surface area contributed by atoms with Gasteiger partial charge in [-0.2, -0.15) is 0 Å².